The van der Waals surface area contributed by atoms with E-state index in [0.717, 1.165) is 34.4 Å². The Morgan fingerprint density at radius 2 is 1.83 bits per heavy atom. The summed E-state index contributed by atoms with van der Waals surface area (Å²) in [5, 5.41) is 0. The molecular weight excluding hydrogens is 244 g/mol. The van der Waals surface area contributed by atoms with Gasteiger partial charge < -0.3 is 0 Å². The molecule has 1 aromatic heterocycles. The molecule has 0 spiro atoms. The van der Waals surface area contributed by atoms with Crippen molar-refractivity contribution in [1.82, 2.24) is 0 Å². The first kappa shape index (κ1) is 11.4. The first-order valence-corrected chi connectivity index (χ1v) is 6.79. The van der Waals surface area contributed by atoms with E-state index >= 15 is 0 Å². The van der Waals surface area contributed by atoms with Crippen molar-refractivity contribution in [3.05, 3.63) is 46.8 Å². The summed E-state index contributed by atoms with van der Waals surface area (Å²) in [6.45, 7) is 0. The van der Waals surface area contributed by atoms with Gasteiger partial charge in [-0.15, -0.1) is 11.3 Å². The normalized spacial score (nSPS) is 14.4. The third kappa shape index (κ3) is 2.14. The van der Waals surface area contributed by atoms with Crippen LogP contribution in [0.4, 0.5) is 0 Å². The molecule has 90 valence electrons. The fraction of sp³-hybridized carbons (Fsp3) is 0.200. The van der Waals surface area contributed by atoms with E-state index in [1.165, 1.54) is 11.3 Å². The monoisotopic (exact) mass is 256 g/mol. The van der Waals surface area contributed by atoms with Gasteiger partial charge in [0, 0.05) is 16.4 Å². The maximum Gasteiger partial charge on any atom is 0.175 e. The van der Waals surface area contributed by atoms with Crippen LogP contribution < -0.4 is 0 Å². The van der Waals surface area contributed by atoms with Crippen LogP contribution in [-0.2, 0) is 0 Å². The van der Waals surface area contributed by atoms with Gasteiger partial charge in [-0.3, -0.25) is 9.59 Å². The molecule has 0 atom stereocenters. The van der Waals surface area contributed by atoms with E-state index in [1.54, 1.807) is 12.1 Å². The molecule has 0 bridgehead atoms. The summed E-state index contributed by atoms with van der Waals surface area (Å²) in [4.78, 5) is 24.4. The van der Waals surface area contributed by atoms with Crippen LogP contribution in [-0.4, -0.2) is 12.1 Å². The molecule has 1 saturated carbocycles. The highest BCUT2D eigenvalue weighted by atomic mass is 32.1. The molecule has 2 nitrogen and oxygen atoms in total. The van der Waals surface area contributed by atoms with Crippen molar-refractivity contribution in [2.75, 3.05) is 0 Å². The molecule has 1 aromatic carbocycles. The van der Waals surface area contributed by atoms with E-state index in [4.69, 9.17) is 0 Å². The number of hydrogen-bond acceptors (Lipinski definition) is 3. The summed E-state index contributed by atoms with van der Waals surface area (Å²) in [5.41, 5.74) is 1.73. The maximum absolute atomic E-state index is 11.9. The molecule has 0 amide bonds. The third-order valence-electron chi connectivity index (χ3n) is 3.13. The lowest BCUT2D eigenvalue weighted by Crippen LogP contribution is -1.96. The molecule has 1 aliphatic carbocycles. The number of ketones is 1. The van der Waals surface area contributed by atoms with Crippen LogP contribution in [0.25, 0.3) is 10.4 Å². The van der Waals surface area contributed by atoms with Gasteiger partial charge >= 0.3 is 0 Å². The van der Waals surface area contributed by atoms with Crippen LogP contribution in [0.1, 0.15) is 32.9 Å². The van der Waals surface area contributed by atoms with Crippen molar-refractivity contribution in [2.24, 2.45) is 5.92 Å². The van der Waals surface area contributed by atoms with Crippen molar-refractivity contribution in [1.29, 1.82) is 0 Å². The van der Waals surface area contributed by atoms with E-state index in [0.29, 0.717) is 5.56 Å². The summed E-state index contributed by atoms with van der Waals surface area (Å²) < 4.78 is 0. The summed E-state index contributed by atoms with van der Waals surface area (Å²) in [5.74, 6) is 0.560. The Balaban J connectivity index is 1.87. The molecule has 3 rings (SSSR count). The predicted octanol–water partition coefficient (Wildman–Crippen LogP) is 3.82. The number of thiophene rings is 1. The maximum atomic E-state index is 11.9. The molecule has 0 N–H and O–H groups in total. The van der Waals surface area contributed by atoms with Gasteiger partial charge in [0.1, 0.15) is 6.29 Å². The number of Topliss-reactive ketones (excluding diaryl/α,β-unsaturated/α-hetero) is 1. The lowest BCUT2D eigenvalue weighted by atomic mass is 10.1. The molecule has 3 heteroatoms. The number of rotatable bonds is 4. The van der Waals surface area contributed by atoms with Crippen LogP contribution in [0.5, 0.6) is 0 Å². The Labute approximate surface area is 109 Å². The Kier molecular flexibility index (Phi) is 2.84. The Morgan fingerprint density at radius 1 is 1.11 bits per heavy atom. The number of aldehydes is 1. The number of hydrogen-bond donors (Lipinski definition) is 0. The third-order valence-corrected chi connectivity index (χ3v) is 4.28. The van der Waals surface area contributed by atoms with Crippen LogP contribution in [0.2, 0.25) is 0 Å². The van der Waals surface area contributed by atoms with Gasteiger partial charge in [0.05, 0.1) is 4.88 Å². The van der Waals surface area contributed by atoms with Gasteiger partial charge in [-0.05, 0) is 30.5 Å². The molecule has 1 heterocycles. The summed E-state index contributed by atoms with van der Waals surface area (Å²) in [7, 11) is 0. The number of carbonyl (C=O) groups excluding carboxylic acids is 2. The molecule has 1 aliphatic rings. The zero-order valence-corrected chi connectivity index (χ0v) is 10.6. The van der Waals surface area contributed by atoms with Crippen molar-refractivity contribution in [3.8, 4) is 10.4 Å². The Bertz CT molecular complexity index is 591. The topological polar surface area (TPSA) is 34.1 Å². The van der Waals surface area contributed by atoms with Crippen LogP contribution in [0, 0.1) is 5.92 Å². The van der Waals surface area contributed by atoms with Gasteiger partial charge in [0.25, 0.3) is 0 Å². The largest absolute Gasteiger partial charge is 0.298 e. The number of carbonyl (C=O) groups is 2. The van der Waals surface area contributed by atoms with Crippen LogP contribution in [0.3, 0.4) is 0 Å². The predicted molar refractivity (Wildman–Crippen MR) is 72.2 cm³/mol. The minimum absolute atomic E-state index is 0.272. The average molecular weight is 256 g/mol. The van der Waals surface area contributed by atoms with Crippen LogP contribution >= 0.6 is 11.3 Å². The summed E-state index contributed by atoms with van der Waals surface area (Å²) in [6, 6.07) is 11.3. The first-order chi connectivity index (χ1) is 8.78. The van der Waals surface area contributed by atoms with Crippen molar-refractivity contribution in [2.45, 2.75) is 12.8 Å². The van der Waals surface area contributed by atoms with E-state index in [9.17, 15) is 9.59 Å². The van der Waals surface area contributed by atoms with Gasteiger partial charge in [0.15, 0.2) is 5.78 Å². The average Bonchev–Trinajstić information content (AvgIpc) is 3.15. The Morgan fingerprint density at radius 3 is 2.44 bits per heavy atom. The highest BCUT2D eigenvalue weighted by Crippen LogP contribution is 2.36. The van der Waals surface area contributed by atoms with Gasteiger partial charge in [0.2, 0.25) is 0 Å². The SMILES string of the molecule is O=Cc1ccc(-c2ccc(C(=O)C3CC3)s2)cc1. The smallest absolute Gasteiger partial charge is 0.175 e. The van der Waals surface area contributed by atoms with Crippen molar-refractivity contribution in [3.63, 3.8) is 0 Å². The highest BCUT2D eigenvalue weighted by molar-refractivity contribution is 7.17. The molecule has 2 aromatic rings. The van der Waals surface area contributed by atoms with Gasteiger partial charge in [-0.2, -0.15) is 0 Å². The molecule has 0 saturated heterocycles. The lowest BCUT2D eigenvalue weighted by molar-refractivity contribution is 0.0971. The van der Waals surface area contributed by atoms with Gasteiger partial charge in [-0.1, -0.05) is 24.3 Å². The van der Waals surface area contributed by atoms with Crippen molar-refractivity contribution >= 4 is 23.4 Å². The standard InChI is InChI=1S/C15H12O2S/c16-9-10-1-3-11(4-2-10)13-7-8-14(18-13)15(17)12-5-6-12/h1-4,7-9,12H,5-6H2. The first-order valence-electron chi connectivity index (χ1n) is 5.97. The zero-order valence-electron chi connectivity index (χ0n) is 9.76. The zero-order chi connectivity index (χ0) is 12.5. The second-order valence-electron chi connectivity index (χ2n) is 4.54. The fourth-order valence-corrected chi connectivity index (χ4v) is 2.93. The molecule has 0 unspecified atom stereocenters. The van der Waals surface area contributed by atoms with Crippen molar-refractivity contribution < 1.29 is 9.59 Å². The number of benzene rings is 1. The minimum atomic E-state index is 0.272. The van der Waals surface area contributed by atoms with E-state index in [-0.39, 0.29) is 11.7 Å². The van der Waals surface area contributed by atoms with Crippen LogP contribution in [0.15, 0.2) is 36.4 Å². The molecule has 18 heavy (non-hydrogen) atoms. The molecule has 0 radical (unpaired) electrons. The van der Waals surface area contributed by atoms with E-state index in [2.05, 4.69) is 0 Å². The molecular formula is C15H12O2S. The van der Waals surface area contributed by atoms with E-state index < -0.39 is 0 Å². The second-order valence-corrected chi connectivity index (χ2v) is 5.63. The van der Waals surface area contributed by atoms with Gasteiger partial charge in [-0.25, -0.2) is 0 Å². The Hall–Kier alpha value is -1.74. The second kappa shape index (κ2) is 4.50. The summed E-state index contributed by atoms with van der Waals surface area (Å²) in [6.07, 6.45) is 2.92. The highest BCUT2D eigenvalue weighted by Gasteiger charge is 2.31. The fourth-order valence-electron chi connectivity index (χ4n) is 1.90. The molecule has 1 fully saturated rings. The minimum Gasteiger partial charge on any atom is -0.298 e. The lowest BCUT2D eigenvalue weighted by Gasteiger charge is -1.97. The molecule has 0 aliphatic heterocycles. The summed E-state index contributed by atoms with van der Waals surface area (Å²) >= 11 is 1.54. The van der Waals surface area contributed by atoms with E-state index in [1.807, 2.05) is 24.3 Å². The quantitative estimate of drug-likeness (QED) is 0.615.